The highest BCUT2D eigenvalue weighted by atomic mass is 16.5. The first-order valence-electron chi connectivity index (χ1n) is 11.4. The van der Waals surface area contributed by atoms with Crippen LogP contribution in [0.3, 0.4) is 0 Å². The second-order valence-electron chi connectivity index (χ2n) is 8.72. The molecule has 1 saturated heterocycles. The standard InChI is InChI=1S/C24H39N3O2/c1-19-5-3-6-20(15-19)9-12-26-24(25-2)27-17-21-7-4-8-22(16-21)18-29-23-10-13-28-14-11-23/h4,7-8,16,19-20,23H,3,5-6,9-15,17-18H2,1-2H3,(H2,25,26,27). The van der Waals surface area contributed by atoms with Gasteiger partial charge < -0.3 is 20.1 Å². The topological polar surface area (TPSA) is 54.9 Å². The zero-order valence-corrected chi connectivity index (χ0v) is 18.3. The number of benzene rings is 1. The summed E-state index contributed by atoms with van der Waals surface area (Å²) in [6.45, 7) is 6.47. The van der Waals surface area contributed by atoms with Crippen molar-refractivity contribution in [1.82, 2.24) is 10.6 Å². The molecule has 1 aliphatic heterocycles. The van der Waals surface area contributed by atoms with Gasteiger partial charge in [0.25, 0.3) is 0 Å². The molecule has 0 bridgehead atoms. The summed E-state index contributed by atoms with van der Waals surface area (Å²) in [6.07, 6.45) is 9.16. The Kier molecular flexibility index (Phi) is 9.29. The highest BCUT2D eigenvalue weighted by Crippen LogP contribution is 2.30. The smallest absolute Gasteiger partial charge is 0.191 e. The average molecular weight is 402 g/mol. The van der Waals surface area contributed by atoms with Gasteiger partial charge in [-0.15, -0.1) is 0 Å². The first kappa shape index (κ1) is 22.1. The zero-order valence-electron chi connectivity index (χ0n) is 18.3. The second-order valence-corrected chi connectivity index (χ2v) is 8.72. The molecule has 0 aromatic heterocycles. The van der Waals surface area contributed by atoms with Crippen LogP contribution < -0.4 is 10.6 Å². The van der Waals surface area contributed by atoms with Gasteiger partial charge in [0.1, 0.15) is 0 Å². The van der Waals surface area contributed by atoms with Crippen LogP contribution in [-0.4, -0.2) is 38.9 Å². The number of ether oxygens (including phenoxy) is 2. The molecular weight excluding hydrogens is 362 g/mol. The van der Waals surface area contributed by atoms with Crippen molar-refractivity contribution in [2.24, 2.45) is 16.8 Å². The van der Waals surface area contributed by atoms with Crippen molar-refractivity contribution in [3.8, 4) is 0 Å². The summed E-state index contributed by atoms with van der Waals surface area (Å²) >= 11 is 0. The van der Waals surface area contributed by atoms with Crippen LogP contribution in [0.1, 0.15) is 63.0 Å². The SMILES string of the molecule is CN=C(NCCC1CCCC(C)C1)NCc1cccc(COC2CCOCC2)c1. The highest BCUT2D eigenvalue weighted by molar-refractivity contribution is 5.79. The monoisotopic (exact) mass is 401 g/mol. The Bertz CT molecular complexity index is 628. The maximum atomic E-state index is 6.05. The van der Waals surface area contributed by atoms with Gasteiger partial charge in [0.2, 0.25) is 0 Å². The average Bonchev–Trinajstić information content (AvgIpc) is 2.76. The number of nitrogens with one attached hydrogen (secondary N) is 2. The van der Waals surface area contributed by atoms with Crippen LogP contribution in [0, 0.1) is 11.8 Å². The van der Waals surface area contributed by atoms with Crippen molar-refractivity contribution < 1.29 is 9.47 Å². The molecule has 0 spiro atoms. The van der Waals surface area contributed by atoms with E-state index in [-0.39, 0.29) is 0 Å². The predicted octanol–water partition coefficient (Wildman–Crippen LogP) is 4.26. The fourth-order valence-corrected chi connectivity index (χ4v) is 4.51. The van der Waals surface area contributed by atoms with Crippen molar-refractivity contribution in [2.75, 3.05) is 26.8 Å². The van der Waals surface area contributed by atoms with Crippen molar-refractivity contribution in [2.45, 2.75) is 71.1 Å². The molecule has 2 N–H and O–H groups in total. The first-order chi connectivity index (χ1) is 14.2. The number of rotatable bonds is 8. The molecule has 1 aromatic carbocycles. The summed E-state index contributed by atoms with van der Waals surface area (Å²) in [5.74, 6) is 2.66. The minimum atomic E-state index is 0.334. The number of hydrogen-bond acceptors (Lipinski definition) is 3. The van der Waals surface area contributed by atoms with Crippen molar-refractivity contribution >= 4 is 5.96 Å². The van der Waals surface area contributed by atoms with Crippen molar-refractivity contribution in [3.63, 3.8) is 0 Å². The van der Waals surface area contributed by atoms with E-state index in [1.807, 2.05) is 7.05 Å². The lowest BCUT2D eigenvalue weighted by Gasteiger charge is -2.26. The van der Waals surface area contributed by atoms with Crippen LogP contribution in [0.5, 0.6) is 0 Å². The fourth-order valence-electron chi connectivity index (χ4n) is 4.51. The lowest BCUT2D eigenvalue weighted by atomic mass is 9.81. The Morgan fingerprint density at radius 2 is 1.97 bits per heavy atom. The first-order valence-corrected chi connectivity index (χ1v) is 11.4. The third-order valence-corrected chi connectivity index (χ3v) is 6.22. The third kappa shape index (κ3) is 7.98. The van der Waals surface area contributed by atoms with E-state index in [1.54, 1.807) is 0 Å². The minimum Gasteiger partial charge on any atom is -0.381 e. The van der Waals surface area contributed by atoms with Gasteiger partial charge in [0, 0.05) is 33.4 Å². The van der Waals surface area contributed by atoms with Crippen molar-refractivity contribution in [3.05, 3.63) is 35.4 Å². The highest BCUT2D eigenvalue weighted by Gasteiger charge is 2.18. The Balaban J connectivity index is 1.37. The van der Waals surface area contributed by atoms with Crippen LogP contribution in [-0.2, 0) is 22.6 Å². The summed E-state index contributed by atoms with van der Waals surface area (Å²) in [5.41, 5.74) is 2.48. The van der Waals surface area contributed by atoms with Crippen LogP contribution in [0.4, 0.5) is 0 Å². The molecule has 2 unspecified atom stereocenters. The number of guanidine groups is 1. The maximum Gasteiger partial charge on any atom is 0.191 e. The quantitative estimate of drug-likeness (QED) is 0.505. The van der Waals surface area contributed by atoms with E-state index in [0.29, 0.717) is 12.7 Å². The van der Waals surface area contributed by atoms with Crippen molar-refractivity contribution in [1.29, 1.82) is 0 Å². The second kappa shape index (κ2) is 12.2. The normalized spacial score (nSPS) is 23.7. The Labute approximate surface area is 176 Å². The van der Waals surface area contributed by atoms with Gasteiger partial charge in [-0.05, 0) is 48.6 Å². The molecule has 1 aliphatic carbocycles. The number of hydrogen-bond donors (Lipinski definition) is 2. The molecular formula is C24H39N3O2. The van der Waals surface area contributed by atoms with E-state index >= 15 is 0 Å². The molecule has 5 heteroatoms. The minimum absolute atomic E-state index is 0.334. The Morgan fingerprint density at radius 1 is 1.14 bits per heavy atom. The lowest BCUT2D eigenvalue weighted by Crippen LogP contribution is -2.38. The van der Waals surface area contributed by atoms with Gasteiger partial charge >= 0.3 is 0 Å². The molecule has 162 valence electrons. The van der Waals surface area contributed by atoms with Gasteiger partial charge in [0.05, 0.1) is 12.7 Å². The largest absolute Gasteiger partial charge is 0.381 e. The van der Waals surface area contributed by atoms with E-state index < -0.39 is 0 Å². The molecule has 2 fully saturated rings. The molecule has 1 saturated carbocycles. The zero-order chi connectivity index (χ0) is 20.3. The number of nitrogens with zero attached hydrogens (tertiary/aromatic N) is 1. The molecule has 29 heavy (non-hydrogen) atoms. The van der Waals surface area contributed by atoms with Gasteiger partial charge in [-0.3, -0.25) is 4.99 Å². The van der Waals surface area contributed by atoms with Gasteiger partial charge in [-0.25, -0.2) is 0 Å². The van der Waals surface area contributed by atoms with E-state index in [2.05, 4.69) is 46.8 Å². The summed E-state index contributed by atoms with van der Waals surface area (Å²) in [4.78, 5) is 4.38. The molecule has 1 aromatic rings. The Morgan fingerprint density at radius 3 is 2.76 bits per heavy atom. The van der Waals surface area contributed by atoms with Crippen LogP contribution in [0.15, 0.2) is 29.3 Å². The van der Waals surface area contributed by atoms with Gasteiger partial charge in [-0.2, -0.15) is 0 Å². The molecule has 0 radical (unpaired) electrons. The molecule has 3 rings (SSSR count). The molecule has 5 nitrogen and oxygen atoms in total. The molecule has 2 atom stereocenters. The number of aliphatic imine (C=N–C) groups is 1. The predicted molar refractivity (Wildman–Crippen MR) is 119 cm³/mol. The van der Waals surface area contributed by atoms with E-state index in [1.165, 1.54) is 43.2 Å². The maximum absolute atomic E-state index is 6.05. The van der Waals surface area contributed by atoms with Gasteiger partial charge in [-0.1, -0.05) is 50.5 Å². The summed E-state index contributed by atoms with van der Waals surface area (Å²) in [5, 5.41) is 6.93. The fraction of sp³-hybridized carbons (Fsp3) is 0.708. The van der Waals surface area contributed by atoms with E-state index in [0.717, 1.165) is 56.9 Å². The van der Waals surface area contributed by atoms with E-state index in [4.69, 9.17) is 9.47 Å². The van der Waals surface area contributed by atoms with Crippen LogP contribution >= 0.6 is 0 Å². The molecule has 2 aliphatic rings. The Hall–Kier alpha value is -1.59. The summed E-state index contributed by atoms with van der Waals surface area (Å²) in [7, 11) is 1.84. The summed E-state index contributed by atoms with van der Waals surface area (Å²) < 4.78 is 11.4. The van der Waals surface area contributed by atoms with Crippen LogP contribution in [0.25, 0.3) is 0 Å². The molecule has 0 amide bonds. The molecule has 1 heterocycles. The third-order valence-electron chi connectivity index (χ3n) is 6.22. The van der Waals surface area contributed by atoms with Crippen LogP contribution in [0.2, 0.25) is 0 Å². The van der Waals surface area contributed by atoms with E-state index in [9.17, 15) is 0 Å². The summed E-state index contributed by atoms with van der Waals surface area (Å²) in [6, 6.07) is 8.63. The lowest BCUT2D eigenvalue weighted by molar-refractivity contribution is -0.0390. The van der Waals surface area contributed by atoms with Gasteiger partial charge in [0.15, 0.2) is 5.96 Å².